The number of fused-ring (bicyclic) bond motifs is 3. The van der Waals surface area contributed by atoms with Gasteiger partial charge in [0.1, 0.15) is 0 Å². The number of anilines is 1. The minimum absolute atomic E-state index is 0.0660. The monoisotopic (exact) mass is 269 g/mol. The van der Waals surface area contributed by atoms with Gasteiger partial charge < -0.3 is 10.2 Å². The molecule has 0 spiro atoms. The van der Waals surface area contributed by atoms with E-state index in [1.54, 1.807) is 6.07 Å². The minimum atomic E-state index is -1.19. The van der Waals surface area contributed by atoms with Gasteiger partial charge in [0.2, 0.25) is 0 Å². The number of aliphatic carboxylic acids is 1. The summed E-state index contributed by atoms with van der Waals surface area (Å²) in [5.41, 5.74) is 1.31. The maximum absolute atomic E-state index is 11.3. The molecule has 0 radical (unpaired) electrons. The van der Waals surface area contributed by atoms with E-state index in [1.807, 2.05) is 30.3 Å². The number of amides is 1. The molecule has 3 rings (SSSR count). The predicted octanol–water partition coefficient (Wildman–Crippen LogP) is 2.85. The molecule has 0 aliphatic carbocycles. The van der Waals surface area contributed by atoms with Crippen LogP contribution in [-0.2, 0) is 11.2 Å². The molecule has 2 N–H and O–H groups in total. The molecule has 1 amide bonds. The van der Waals surface area contributed by atoms with Gasteiger partial charge in [0, 0.05) is 12.6 Å². The molecular formula is C15H11NO4. The number of rotatable bonds is 1. The second-order valence-electron chi connectivity index (χ2n) is 4.57. The summed E-state index contributed by atoms with van der Waals surface area (Å²) in [6, 6.07) is 11.1. The van der Waals surface area contributed by atoms with Crippen LogP contribution in [0.1, 0.15) is 5.56 Å². The van der Waals surface area contributed by atoms with E-state index in [0.29, 0.717) is 5.69 Å². The van der Waals surface area contributed by atoms with Gasteiger partial charge in [-0.25, -0.2) is 9.59 Å². The first-order valence-corrected chi connectivity index (χ1v) is 6.04. The molecule has 0 fully saturated rings. The highest BCUT2D eigenvalue weighted by atomic mass is 16.4. The van der Waals surface area contributed by atoms with Crippen molar-refractivity contribution in [1.29, 1.82) is 0 Å². The summed E-state index contributed by atoms with van der Waals surface area (Å²) in [5.74, 6) is -1.10. The van der Waals surface area contributed by atoms with Gasteiger partial charge in [-0.05, 0) is 22.4 Å². The van der Waals surface area contributed by atoms with Crippen LogP contribution >= 0.6 is 0 Å². The molecule has 0 unspecified atom stereocenters. The van der Waals surface area contributed by atoms with E-state index < -0.39 is 12.1 Å². The summed E-state index contributed by atoms with van der Waals surface area (Å²) in [6.07, 6.45) is 0.192. The van der Waals surface area contributed by atoms with E-state index in [4.69, 9.17) is 5.11 Å². The largest absolute Gasteiger partial charge is 0.478 e. The van der Waals surface area contributed by atoms with Crippen molar-refractivity contribution in [2.45, 2.75) is 6.42 Å². The molecule has 20 heavy (non-hydrogen) atoms. The molecule has 100 valence electrons. The molecular weight excluding hydrogens is 258 g/mol. The number of carbonyl (C=O) groups is 2. The summed E-state index contributed by atoms with van der Waals surface area (Å²) in [4.78, 5) is 23.5. The van der Waals surface area contributed by atoms with Crippen molar-refractivity contribution in [1.82, 2.24) is 0 Å². The van der Waals surface area contributed by atoms with Gasteiger partial charge >= 0.3 is 12.1 Å². The van der Waals surface area contributed by atoms with Crippen molar-refractivity contribution in [2.75, 3.05) is 4.90 Å². The average molecular weight is 269 g/mol. The SMILES string of the molecule is O=C(O)C1=CN(C(=O)O)c2ccc3ccccc3c2C1. The van der Waals surface area contributed by atoms with Crippen molar-refractivity contribution in [3.63, 3.8) is 0 Å². The quantitative estimate of drug-likeness (QED) is 0.834. The van der Waals surface area contributed by atoms with Gasteiger partial charge in [-0.2, -0.15) is 0 Å². The van der Waals surface area contributed by atoms with Crippen LogP contribution in [0.5, 0.6) is 0 Å². The van der Waals surface area contributed by atoms with E-state index in [0.717, 1.165) is 21.2 Å². The van der Waals surface area contributed by atoms with Crippen molar-refractivity contribution < 1.29 is 19.8 Å². The van der Waals surface area contributed by atoms with E-state index in [1.165, 1.54) is 6.20 Å². The molecule has 1 heterocycles. The Balaban J connectivity index is 2.28. The Labute approximate surface area is 114 Å². The standard InChI is InChI=1S/C15H11NO4/c17-14(18)10-7-12-11-4-2-1-3-9(11)5-6-13(12)16(8-10)15(19)20/h1-6,8H,7H2,(H,17,18)(H,19,20). The molecule has 0 saturated carbocycles. The number of carboxylic acid groups (broad SMARTS) is 2. The van der Waals surface area contributed by atoms with Crippen LogP contribution in [0.15, 0.2) is 48.2 Å². The summed E-state index contributed by atoms with van der Waals surface area (Å²) >= 11 is 0. The van der Waals surface area contributed by atoms with Crippen molar-refractivity contribution in [2.24, 2.45) is 0 Å². The Morgan fingerprint density at radius 2 is 1.80 bits per heavy atom. The van der Waals surface area contributed by atoms with Crippen molar-refractivity contribution in [3.05, 3.63) is 53.7 Å². The molecule has 5 heteroatoms. The Kier molecular flexibility index (Phi) is 2.68. The molecule has 0 atom stereocenters. The normalized spacial score (nSPS) is 13.8. The summed E-state index contributed by atoms with van der Waals surface area (Å²) < 4.78 is 0. The highest BCUT2D eigenvalue weighted by Crippen LogP contribution is 2.34. The summed E-state index contributed by atoms with van der Waals surface area (Å²) in [6.45, 7) is 0. The van der Waals surface area contributed by atoms with Gasteiger partial charge in [0.25, 0.3) is 0 Å². The fourth-order valence-electron chi connectivity index (χ4n) is 2.49. The highest BCUT2D eigenvalue weighted by Gasteiger charge is 2.26. The Bertz CT molecular complexity index is 764. The van der Waals surface area contributed by atoms with Crippen LogP contribution in [0.25, 0.3) is 10.8 Å². The fourth-order valence-corrected chi connectivity index (χ4v) is 2.49. The zero-order valence-electron chi connectivity index (χ0n) is 10.4. The molecule has 2 aromatic carbocycles. The van der Waals surface area contributed by atoms with Crippen molar-refractivity contribution in [3.8, 4) is 0 Å². The molecule has 0 aromatic heterocycles. The van der Waals surface area contributed by atoms with Gasteiger partial charge in [-0.1, -0.05) is 30.3 Å². The van der Waals surface area contributed by atoms with Crippen LogP contribution in [0.2, 0.25) is 0 Å². The third kappa shape index (κ3) is 1.80. The first-order chi connectivity index (χ1) is 9.58. The van der Waals surface area contributed by atoms with Crippen LogP contribution < -0.4 is 4.90 Å². The zero-order chi connectivity index (χ0) is 14.3. The topological polar surface area (TPSA) is 77.8 Å². The second kappa shape index (κ2) is 4.38. The van der Waals surface area contributed by atoms with Crippen LogP contribution in [0, 0.1) is 0 Å². The number of benzene rings is 2. The third-order valence-corrected chi connectivity index (χ3v) is 3.41. The third-order valence-electron chi connectivity index (χ3n) is 3.41. The lowest BCUT2D eigenvalue weighted by Crippen LogP contribution is -2.29. The zero-order valence-corrected chi connectivity index (χ0v) is 10.4. The molecule has 1 aliphatic heterocycles. The molecule has 5 nitrogen and oxygen atoms in total. The number of nitrogens with zero attached hydrogens (tertiary/aromatic N) is 1. The lowest BCUT2D eigenvalue weighted by molar-refractivity contribution is -0.132. The van der Waals surface area contributed by atoms with Crippen LogP contribution in [0.4, 0.5) is 10.5 Å². The van der Waals surface area contributed by atoms with E-state index in [-0.39, 0.29) is 12.0 Å². The summed E-state index contributed by atoms with van der Waals surface area (Å²) in [7, 11) is 0. The molecule has 0 bridgehead atoms. The van der Waals surface area contributed by atoms with Crippen LogP contribution in [-0.4, -0.2) is 22.3 Å². The van der Waals surface area contributed by atoms with Crippen molar-refractivity contribution >= 4 is 28.5 Å². The van der Waals surface area contributed by atoms with Gasteiger partial charge in [-0.15, -0.1) is 0 Å². The molecule has 0 saturated heterocycles. The smallest absolute Gasteiger partial charge is 0.416 e. The number of hydrogen-bond donors (Lipinski definition) is 2. The van der Waals surface area contributed by atoms with E-state index in [9.17, 15) is 14.7 Å². The lowest BCUT2D eigenvalue weighted by Gasteiger charge is -2.25. The molecule has 1 aliphatic rings. The maximum Gasteiger partial charge on any atom is 0.416 e. The Morgan fingerprint density at radius 1 is 1.05 bits per heavy atom. The van der Waals surface area contributed by atoms with Crippen LogP contribution in [0.3, 0.4) is 0 Å². The first kappa shape index (κ1) is 12.2. The fraction of sp³-hybridized carbons (Fsp3) is 0.0667. The second-order valence-corrected chi connectivity index (χ2v) is 4.57. The summed E-state index contributed by atoms with van der Waals surface area (Å²) in [5, 5.41) is 20.2. The number of carboxylic acids is 1. The van der Waals surface area contributed by atoms with E-state index >= 15 is 0 Å². The van der Waals surface area contributed by atoms with Gasteiger partial charge in [0.05, 0.1) is 11.3 Å². The minimum Gasteiger partial charge on any atom is -0.478 e. The number of hydrogen-bond acceptors (Lipinski definition) is 2. The average Bonchev–Trinajstić information content (AvgIpc) is 2.45. The van der Waals surface area contributed by atoms with E-state index in [2.05, 4.69) is 0 Å². The van der Waals surface area contributed by atoms with Gasteiger partial charge in [-0.3, -0.25) is 4.90 Å². The highest BCUT2D eigenvalue weighted by molar-refractivity contribution is 6.01. The van der Waals surface area contributed by atoms with Gasteiger partial charge in [0.15, 0.2) is 0 Å². The lowest BCUT2D eigenvalue weighted by atomic mass is 9.94. The molecule has 2 aromatic rings. The first-order valence-electron chi connectivity index (χ1n) is 6.04. The Morgan fingerprint density at radius 3 is 2.50 bits per heavy atom. The maximum atomic E-state index is 11.3. The predicted molar refractivity (Wildman–Crippen MR) is 73.9 cm³/mol. The Hall–Kier alpha value is -2.82.